The van der Waals surface area contributed by atoms with E-state index in [4.69, 9.17) is 0 Å². The molecule has 0 bridgehead atoms. The molecule has 1 heterocycles. The van der Waals surface area contributed by atoms with E-state index in [-0.39, 0.29) is 5.75 Å². The van der Waals surface area contributed by atoms with E-state index in [1.54, 1.807) is 6.34 Å². The summed E-state index contributed by atoms with van der Waals surface area (Å²) in [5.74, 6) is 0.198. The number of aromatic hydroxyl groups is 1. The number of aromatic nitrogens is 1. The zero-order valence-corrected chi connectivity index (χ0v) is 23.3. The number of benzene rings is 4. The summed E-state index contributed by atoms with van der Waals surface area (Å²) < 4.78 is 2.09. The highest BCUT2D eigenvalue weighted by molar-refractivity contribution is 5.91. The van der Waals surface area contributed by atoms with Gasteiger partial charge in [0.2, 0.25) is 0 Å². The second-order valence-corrected chi connectivity index (χ2v) is 9.97. The molecule has 3 N–H and O–H groups in total. The second kappa shape index (κ2) is 11.9. The normalized spacial score (nSPS) is 12.2. The fourth-order valence-electron chi connectivity index (χ4n) is 5.54. The topological polar surface area (TPSA) is 61.6 Å². The van der Waals surface area contributed by atoms with Crippen molar-refractivity contribution in [3.05, 3.63) is 139 Å². The van der Waals surface area contributed by atoms with Crippen molar-refractivity contribution >= 4 is 47.3 Å². The van der Waals surface area contributed by atoms with E-state index in [0.29, 0.717) is 5.69 Å². The highest BCUT2D eigenvalue weighted by atomic mass is 16.3. The molecule has 5 heteroatoms. The maximum Gasteiger partial charge on any atom is 0.147 e. The van der Waals surface area contributed by atoms with E-state index in [9.17, 15) is 5.11 Å². The third-order valence-electron chi connectivity index (χ3n) is 7.49. The Morgan fingerprint density at radius 2 is 1.48 bits per heavy atom. The van der Waals surface area contributed by atoms with Crippen molar-refractivity contribution in [2.75, 3.05) is 10.6 Å². The average Bonchev–Trinajstić information content (AvgIpc) is 3.36. The van der Waals surface area contributed by atoms with Crippen LogP contribution in [0.1, 0.15) is 28.9 Å². The molecule has 206 valence electrons. The van der Waals surface area contributed by atoms with Crippen LogP contribution in [0, 0.1) is 0 Å². The van der Waals surface area contributed by atoms with Crippen LogP contribution in [0.2, 0.25) is 0 Å². The molecule has 0 saturated carbocycles. The molecule has 6 rings (SSSR count). The first-order valence-corrected chi connectivity index (χ1v) is 14.0. The Balaban J connectivity index is 1.38. The molecule has 0 atom stereocenters. The number of phenolic OH excluding ortho intramolecular Hbond substituents is 1. The number of hydrogen-bond donors (Lipinski definition) is 3. The summed E-state index contributed by atoms with van der Waals surface area (Å²) >= 11 is 0. The standard InChI is InChI=1S/C37H32N4O/c1-3-27-29-18-9-13-23-35(29)41(34(27)4-2)36-24-14-19-30(37(36)42)28-17-8-10-20-31(28)40-33-22-12-11-21-32(33)39-25-38-26-15-6-5-7-16-26/h3-8,10-17,19-25,40,42H,1-2,9,18H2,(H,38,39). The molecule has 1 aromatic heterocycles. The van der Waals surface area contributed by atoms with Crippen LogP contribution in [0.3, 0.4) is 0 Å². The molecular formula is C37H32N4O. The van der Waals surface area contributed by atoms with Crippen molar-refractivity contribution < 1.29 is 5.11 Å². The minimum atomic E-state index is 0.198. The number of anilines is 3. The zero-order valence-electron chi connectivity index (χ0n) is 23.3. The summed E-state index contributed by atoms with van der Waals surface area (Å²) in [5.41, 5.74) is 10.1. The van der Waals surface area contributed by atoms with Crippen molar-refractivity contribution in [1.82, 2.24) is 4.57 Å². The average molecular weight is 549 g/mol. The second-order valence-electron chi connectivity index (χ2n) is 9.97. The lowest BCUT2D eigenvalue weighted by Crippen LogP contribution is -2.03. The molecule has 0 aliphatic heterocycles. The van der Waals surface area contributed by atoms with Gasteiger partial charge >= 0.3 is 0 Å². The summed E-state index contributed by atoms with van der Waals surface area (Å²) in [4.78, 5) is 4.50. The van der Waals surface area contributed by atoms with E-state index in [0.717, 1.165) is 63.7 Å². The molecule has 5 nitrogen and oxygen atoms in total. The number of aliphatic imine (C=N–C) groups is 1. The highest BCUT2D eigenvalue weighted by Gasteiger charge is 2.23. The lowest BCUT2D eigenvalue weighted by atomic mass is 9.99. The maximum atomic E-state index is 11.8. The van der Waals surface area contributed by atoms with Gasteiger partial charge < -0.3 is 20.3 Å². The van der Waals surface area contributed by atoms with Gasteiger partial charge in [-0.25, -0.2) is 4.99 Å². The van der Waals surface area contributed by atoms with E-state index in [1.165, 1.54) is 5.56 Å². The maximum absolute atomic E-state index is 11.8. The van der Waals surface area contributed by atoms with Gasteiger partial charge in [-0.3, -0.25) is 0 Å². The summed E-state index contributed by atoms with van der Waals surface area (Å²) in [5, 5.41) is 18.7. The predicted molar refractivity (Wildman–Crippen MR) is 178 cm³/mol. The lowest BCUT2D eigenvalue weighted by Gasteiger charge is -2.19. The summed E-state index contributed by atoms with van der Waals surface area (Å²) in [6.45, 7) is 8.15. The summed E-state index contributed by atoms with van der Waals surface area (Å²) in [6, 6.07) is 31.6. The summed E-state index contributed by atoms with van der Waals surface area (Å²) in [7, 11) is 0. The van der Waals surface area contributed by atoms with Crippen molar-refractivity contribution in [1.29, 1.82) is 0 Å². The number of fused-ring (bicyclic) bond motifs is 1. The van der Waals surface area contributed by atoms with Gasteiger partial charge in [0, 0.05) is 28.1 Å². The number of hydrogen-bond acceptors (Lipinski definition) is 3. The molecule has 0 amide bonds. The molecule has 42 heavy (non-hydrogen) atoms. The fraction of sp³-hybridized carbons (Fsp3) is 0.0541. The van der Waals surface area contributed by atoms with Gasteiger partial charge in [-0.05, 0) is 67.0 Å². The molecule has 1 aliphatic carbocycles. The van der Waals surface area contributed by atoms with Crippen molar-refractivity contribution in [2.24, 2.45) is 4.99 Å². The van der Waals surface area contributed by atoms with Crippen LogP contribution in [0.15, 0.2) is 121 Å². The van der Waals surface area contributed by atoms with Gasteiger partial charge in [0.1, 0.15) is 5.75 Å². The highest BCUT2D eigenvalue weighted by Crippen LogP contribution is 2.42. The molecule has 0 radical (unpaired) electrons. The van der Waals surface area contributed by atoms with Crippen molar-refractivity contribution in [3.63, 3.8) is 0 Å². The SMILES string of the molecule is C=Cc1c2c(n(-c3cccc(-c4ccccc4Nc4ccccc4NC=Nc4ccccc4)c3O)c1C=C)C=CCC2. The minimum Gasteiger partial charge on any atom is -0.505 e. The number of nitrogens with zero attached hydrogens (tertiary/aromatic N) is 2. The van der Waals surface area contributed by atoms with Gasteiger partial charge in [-0.15, -0.1) is 0 Å². The van der Waals surface area contributed by atoms with Crippen LogP contribution in [-0.2, 0) is 6.42 Å². The number of allylic oxidation sites excluding steroid dienone is 1. The Morgan fingerprint density at radius 3 is 2.26 bits per heavy atom. The number of nitrogens with one attached hydrogen (secondary N) is 2. The first-order chi connectivity index (χ1) is 20.7. The summed E-state index contributed by atoms with van der Waals surface area (Å²) in [6.07, 6.45) is 11.6. The molecule has 0 spiro atoms. The van der Waals surface area contributed by atoms with Crippen LogP contribution in [-0.4, -0.2) is 16.0 Å². The molecule has 0 saturated heterocycles. The number of rotatable bonds is 9. The molecular weight excluding hydrogens is 516 g/mol. The molecule has 5 aromatic rings. The van der Waals surface area contributed by atoms with Gasteiger partial charge in [0.15, 0.2) is 0 Å². The lowest BCUT2D eigenvalue weighted by molar-refractivity contribution is 0.474. The van der Waals surface area contributed by atoms with E-state index in [1.807, 2.05) is 109 Å². The van der Waals surface area contributed by atoms with Crippen LogP contribution in [0.5, 0.6) is 5.75 Å². The first-order valence-electron chi connectivity index (χ1n) is 14.0. The van der Waals surface area contributed by atoms with E-state index < -0.39 is 0 Å². The Labute approximate surface area is 246 Å². The Hall–Kier alpha value is -5.55. The largest absolute Gasteiger partial charge is 0.505 e. The quantitative estimate of drug-likeness (QED) is 0.127. The molecule has 0 fully saturated rings. The van der Waals surface area contributed by atoms with Crippen LogP contribution < -0.4 is 10.6 Å². The Morgan fingerprint density at radius 1 is 0.762 bits per heavy atom. The van der Waals surface area contributed by atoms with Crippen molar-refractivity contribution in [2.45, 2.75) is 12.8 Å². The van der Waals surface area contributed by atoms with Gasteiger partial charge in [-0.2, -0.15) is 0 Å². The molecule has 0 unspecified atom stereocenters. The number of phenols is 1. The predicted octanol–water partition coefficient (Wildman–Crippen LogP) is 9.61. The number of para-hydroxylation sites is 5. The monoisotopic (exact) mass is 548 g/mol. The van der Waals surface area contributed by atoms with E-state index >= 15 is 0 Å². The minimum absolute atomic E-state index is 0.198. The Kier molecular flexibility index (Phi) is 7.56. The van der Waals surface area contributed by atoms with Crippen LogP contribution >= 0.6 is 0 Å². The molecule has 4 aromatic carbocycles. The Bertz CT molecular complexity index is 1830. The third kappa shape index (κ3) is 5.04. The van der Waals surface area contributed by atoms with Gasteiger partial charge in [0.05, 0.1) is 34.8 Å². The smallest absolute Gasteiger partial charge is 0.147 e. The fourth-order valence-corrected chi connectivity index (χ4v) is 5.54. The molecule has 1 aliphatic rings. The van der Waals surface area contributed by atoms with Crippen molar-refractivity contribution in [3.8, 4) is 22.6 Å². The van der Waals surface area contributed by atoms with Crippen LogP contribution in [0.4, 0.5) is 22.7 Å². The van der Waals surface area contributed by atoms with Gasteiger partial charge in [0.25, 0.3) is 0 Å². The first kappa shape index (κ1) is 26.7. The van der Waals surface area contributed by atoms with Gasteiger partial charge in [-0.1, -0.05) is 86.0 Å². The zero-order chi connectivity index (χ0) is 28.9. The van der Waals surface area contributed by atoms with Crippen LogP contribution in [0.25, 0.3) is 35.0 Å². The van der Waals surface area contributed by atoms with E-state index in [2.05, 4.69) is 45.5 Å². The third-order valence-corrected chi connectivity index (χ3v) is 7.49.